The van der Waals surface area contributed by atoms with E-state index in [4.69, 9.17) is 0 Å². The molecule has 38 heavy (non-hydrogen) atoms. The number of benzene rings is 5. The van der Waals surface area contributed by atoms with Crippen LogP contribution in [0.25, 0.3) is 66.0 Å². The van der Waals surface area contributed by atoms with E-state index >= 15 is 0 Å². The zero-order valence-electron chi connectivity index (χ0n) is 20.6. The Balaban J connectivity index is 1.50. The highest BCUT2D eigenvalue weighted by Gasteiger charge is 2.18. The Bertz CT molecular complexity index is 2120. The fourth-order valence-corrected chi connectivity index (χ4v) is 5.94. The van der Waals surface area contributed by atoms with Crippen molar-refractivity contribution in [3.63, 3.8) is 0 Å². The number of aromatic nitrogens is 3. The average molecular weight is 486 g/mol. The van der Waals surface area contributed by atoms with Crippen LogP contribution in [-0.2, 0) is 0 Å². The molecule has 0 aliphatic heterocycles. The number of nitrogens with zero attached hydrogens (tertiary/aromatic N) is 3. The molecule has 0 atom stereocenters. The fraction of sp³-hybridized carbons (Fsp3) is 0. The third-order valence-electron chi connectivity index (χ3n) is 7.64. The summed E-state index contributed by atoms with van der Waals surface area (Å²) in [6.45, 7) is 0. The molecule has 3 heterocycles. The monoisotopic (exact) mass is 485 g/mol. The summed E-state index contributed by atoms with van der Waals surface area (Å²) >= 11 is 0. The van der Waals surface area contributed by atoms with Gasteiger partial charge in [0.25, 0.3) is 0 Å². The van der Waals surface area contributed by atoms with Crippen molar-refractivity contribution in [1.29, 1.82) is 0 Å². The van der Waals surface area contributed by atoms with E-state index in [0.29, 0.717) is 0 Å². The van der Waals surface area contributed by atoms with Crippen molar-refractivity contribution in [2.75, 3.05) is 0 Å². The van der Waals surface area contributed by atoms with Gasteiger partial charge in [0.2, 0.25) is 0 Å². The van der Waals surface area contributed by atoms with Gasteiger partial charge >= 0.3 is 0 Å². The molecule has 0 amide bonds. The minimum Gasteiger partial charge on any atom is -0.317 e. The predicted octanol–water partition coefficient (Wildman–Crippen LogP) is 8.94. The molecule has 3 aromatic heterocycles. The molecule has 3 nitrogen and oxygen atoms in total. The fourth-order valence-electron chi connectivity index (χ4n) is 5.94. The zero-order chi connectivity index (χ0) is 25.1. The summed E-state index contributed by atoms with van der Waals surface area (Å²) in [6.07, 6.45) is 5.89. The summed E-state index contributed by atoms with van der Waals surface area (Å²) < 4.78 is 4.72. The second-order valence-corrected chi connectivity index (χ2v) is 9.72. The molecule has 0 N–H and O–H groups in total. The molecule has 0 aliphatic rings. The first-order chi connectivity index (χ1) is 18.9. The smallest absolute Gasteiger partial charge is 0.0626 e. The van der Waals surface area contributed by atoms with Crippen molar-refractivity contribution < 1.29 is 0 Å². The first-order valence-electron chi connectivity index (χ1n) is 12.9. The van der Waals surface area contributed by atoms with Crippen LogP contribution >= 0.6 is 0 Å². The van der Waals surface area contributed by atoms with Crippen LogP contribution in [0, 0.1) is 0 Å². The van der Waals surface area contributed by atoms with Gasteiger partial charge in [-0.3, -0.25) is 4.98 Å². The molecule has 8 aromatic rings. The minimum absolute atomic E-state index is 1.15. The van der Waals surface area contributed by atoms with E-state index in [0.717, 1.165) is 11.3 Å². The molecule has 0 radical (unpaired) electrons. The van der Waals surface area contributed by atoms with Gasteiger partial charge in [-0.05, 0) is 71.1 Å². The van der Waals surface area contributed by atoms with Crippen molar-refractivity contribution in [1.82, 2.24) is 14.1 Å². The summed E-state index contributed by atoms with van der Waals surface area (Å²) in [6, 6.07) is 43.6. The molecular formula is C35H23N3. The quantitative estimate of drug-likeness (QED) is 0.245. The molecule has 5 aromatic carbocycles. The van der Waals surface area contributed by atoms with Gasteiger partial charge < -0.3 is 9.13 Å². The Labute approximate surface area is 219 Å². The van der Waals surface area contributed by atoms with Crippen LogP contribution in [0.15, 0.2) is 140 Å². The van der Waals surface area contributed by atoms with Crippen molar-refractivity contribution >= 4 is 43.5 Å². The topological polar surface area (TPSA) is 22.8 Å². The molecule has 8 rings (SSSR count). The van der Waals surface area contributed by atoms with Gasteiger partial charge in [-0.1, -0.05) is 66.7 Å². The summed E-state index contributed by atoms with van der Waals surface area (Å²) in [7, 11) is 0. The number of hydrogen-bond donors (Lipinski definition) is 0. The van der Waals surface area contributed by atoms with Crippen molar-refractivity contribution in [3.05, 3.63) is 140 Å². The maximum Gasteiger partial charge on any atom is 0.0626 e. The minimum atomic E-state index is 1.15. The van der Waals surface area contributed by atoms with Crippen LogP contribution in [0.3, 0.4) is 0 Å². The van der Waals surface area contributed by atoms with Gasteiger partial charge in [0.15, 0.2) is 0 Å². The summed E-state index contributed by atoms with van der Waals surface area (Å²) in [4.78, 5) is 4.20. The maximum atomic E-state index is 4.20. The van der Waals surface area contributed by atoms with Gasteiger partial charge in [-0.25, -0.2) is 0 Å². The molecule has 0 spiro atoms. The molecule has 178 valence electrons. The molecule has 0 saturated carbocycles. The Hall–Kier alpha value is -5.15. The highest BCUT2D eigenvalue weighted by atomic mass is 15.0. The maximum absolute atomic E-state index is 4.20. The largest absolute Gasteiger partial charge is 0.317 e. The second-order valence-electron chi connectivity index (χ2n) is 9.72. The van der Waals surface area contributed by atoms with E-state index in [2.05, 4.69) is 142 Å². The molecular weight excluding hydrogens is 462 g/mol. The highest BCUT2D eigenvalue weighted by Crippen LogP contribution is 2.40. The number of pyridine rings is 1. The van der Waals surface area contributed by atoms with E-state index < -0.39 is 0 Å². The van der Waals surface area contributed by atoms with Gasteiger partial charge in [0.05, 0.1) is 16.6 Å². The molecule has 0 aliphatic carbocycles. The standard InChI is InChI=1S/C35H23N3/c1-2-8-27(9-3-1)37-22-19-31-32(37)16-14-25-13-15-30-29-11-4-5-12-33(29)38(35(30)34(25)31)28-10-6-7-26(23-28)24-17-20-36-21-18-24/h1-23H. The van der Waals surface area contributed by atoms with E-state index in [1.54, 1.807) is 0 Å². The van der Waals surface area contributed by atoms with Crippen LogP contribution in [0.4, 0.5) is 0 Å². The third-order valence-corrected chi connectivity index (χ3v) is 7.64. The molecule has 3 heteroatoms. The van der Waals surface area contributed by atoms with Crippen LogP contribution in [-0.4, -0.2) is 14.1 Å². The number of fused-ring (bicyclic) bond motifs is 7. The van der Waals surface area contributed by atoms with E-state index in [-0.39, 0.29) is 0 Å². The Morgan fingerprint density at radius 2 is 1.29 bits per heavy atom. The summed E-state index contributed by atoms with van der Waals surface area (Å²) in [5, 5.41) is 6.30. The van der Waals surface area contributed by atoms with Crippen molar-refractivity contribution in [2.45, 2.75) is 0 Å². The highest BCUT2D eigenvalue weighted by molar-refractivity contribution is 6.25. The van der Waals surface area contributed by atoms with Gasteiger partial charge in [0.1, 0.15) is 0 Å². The third kappa shape index (κ3) is 3.06. The number of hydrogen-bond acceptors (Lipinski definition) is 1. The van der Waals surface area contributed by atoms with E-state index in [1.165, 1.54) is 54.7 Å². The van der Waals surface area contributed by atoms with Gasteiger partial charge in [-0.15, -0.1) is 0 Å². The lowest BCUT2D eigenvalue weighted by molar-refractivity contribution is 1.13. The average Bonchev–Trinajstić information content (AvgIpc) is 3.58. The van der Waals surface area contributed by atoms with Crippen LogP contribution in [0.1, 0.15) is 0 Å². The van der Waals surface area contributed by atoms with Crippen molar-refractivity contribution in [3.8, 4) is 22.5 Å². The van der Waals surface area contributed by atoms with E-state index in [1.807, 2.05) is 12.4 Å². The number of para-hydroxylation sites is 2. The van der Waals surface area contributed by atoms with Gasteiger partial charge in [0, 0.05) is 51.5 Å². The van der Waals surface area contributed by atoms with Crippen LogP contribution < -0.4 is 0 Å². The second kappa shape index (κ2) is 8.19. The predicted molar refractivity (Wildman–Crippen MR) is 158 cm³/mol. The van der Waals surface area contributed by atoms with Crippen LogP contribution in [0.5, 0.6) is 0 Å². The molecule has 0 bridgehead atoms. The Kier molecular flexibility index (Phi) is 4.52. The molecule has 0 saturated heterocycles. The first kappa shape index (κ1) is 21.0. The lowest BCUT2D eigenvalue weighted by atomic mass is 10.0. The van der Waals surface area contributed by atoms with E-state index in [9.17, 15) is 0 Å². The van der Waals surface area contributed by atoms with Crippen LogP contribution in [0.2, 0.25) is 0 Å². The first-order valence-corrected chi connectivity index (χ1v) is 12.9. The zero-order valence-corrected chi connectivity index (χ0v) is 20.6. The summed E-state index contributed by atoms with van der Waals surface area (Å²) in [5.41, 5.74) is 8.32. The number of rotatable bonds is 3. The lowest BCUT2D eigenvalue weighted by Gasteiger charge is -2.13. The van der Waals surface area contributed by atoms with Crippen molar-refractivity contribution in [2.24, 2.45) is 0 Å². The molecule has 0 unspecified atom stereocenters. The SMILES string of the molecule is c1ccc(-n2ccc3c4c(ccc5c6ccccc6n(-c6cccc(-c7ccncc7)c6)c54)ccc32)cc1. The lowest BCUT2D eigenvalue weighted by Crippen LogP contribution is -1.96. The summed E-state index contributed by atoms with van der Waals surface area (Å²) in [5.74, 6) is 0. The normalized spacial score (nSPS) is 11.7. The molecule has 0 fully saturated rings. The van der Waals surface area contributed by atoms with Gasteiger partial charge in [-0.2, -0.15) is 0 Å². The Morgan fingerprint density at radius 1 is 0.500 bits per heavy atom. The Morgan fingerprint density at radius 3 is 2.18 bits per heavy atom.